The van der Waals surface area contributed by atoms with Gasteiger partial charge in [0.05, 0.1) is 5.56 Å². The number of carbonyl (C=O) groups excluding carboxylic acids is 1. The number of aromatic nitrogens is 3. The second-order valence-corrected chi connectivity index (χ2v) is 6.80. The first-order chi connectivity index (χ1) is 14.2. The molecule has 3 rings (SSSR count). The van der Waals surface area contributed by atoms with Gasteiger partial charge in [0.15, 0.2) is 6.61 Å². The number of pyridine rings is 1. The van der Waals surface area contributed by atoms with Crippen LogP contribution in [0.25, 0.3) is 11.4 Å². The maximum atomic E-state index is 12.8. The lowest BCUT2D eigenvalue weighted by molar-refractivity contribution is -0.137. The fourth-order valence-electron chi connectivity index (χ4n) is 2.62. The van der Waals surface area contributed by atoms with Gasteiger partial charge in [-0.3, -0.25) is 9.78 Å². The molecule has 2 aromatic heterocycles. The third-order valence-electron chi connectivity index (χ3n) is 4.16. The minimum atomic E-state index is -4.49. The molecular formula is C20H19F3N4O3. The molecule has 0 radical (unpaired) electrons. The number of benzene rings is 1. The number of ether oxygens (including phenoxy) is 1. The number of hydrogen-bond donors (Lipinski definition) is 1. The Kier molecular flexibility index (Phi) is 6.34. The van der Waals surface area contributed by atoms with E-state index in [0.29, 0.717) is 11.4 Å². The van der Waals surface area contributed by atoms with Gasteiger partial charge in [0.25, 0.3) is 5.91 Å². The number of hydrogen-bond acceptors (Lipinski definition) is 6. The van der Waals surface area contributed by atoms with Gasteiger partial charge < -0.3 is 14.6 Å². The predicted molar refractivity (Wildman–Crippen MR) is 100 cm³/mol. The first kappa shape index (κ1) is 21.3. The zero-order chi connectivity index (χ0) is 21.7. The van der Waals surface area contributed by atoms with Crippen molar-refractivity contribution in [2.45, 2.75) is 26.1 Å². The van der Waals surface area contributed by atoms with Crippen LogP contribution >= 0.6 is 0 Å². The van der Waals surface area contributed by atoms with Crippen molar-refractivity contribution in [3.05, 3.63) is 60.2 Å². The molecule has 0 saturated heterocycles. The summed E-state index contributed by atoms with van der Waals surface area (Å²) in [6.07, 6.45) is -1.30. The summed E-state index contributed by atoms with van der Waals surface area (Å²) in [6, 6.07) is 7.18. The van der Waals surface area contributed by atoms with Crippen LogP contribution in [0.4, 0.5) is 13.2 Å². The summed E-state index contributed by atoms with van der Waals surface area (Å²) in [4.78, 5) is 20.6. The van der Waals surface area contributed by atoms with Gasteiger partial charge in [-0.05, 0) is 36.2 Å². The maximum absolute atomic E-state index is 12.8. The third-order valence-corrected chi connectivity index (χ3v) is 4.16. The summed E-state index contributed by atoms with van der Waals surface area (Å²) < 4.78 is 48.8. The Morgan fingerprint density at radius 3 is 2.60 bits per heavy atom. The van der Waals surface area contributed by atoms with Crippen LogP contribution in [0.5, 0.6) is 5.75 Å². The van der Waals surface area contributed by atoms with Crippen LogP contribution in [-0.2, 0) is 11.0 Å². The molecule has 158 valence electrons. The zero-order valence-corrected chi connectivity index (χ0v) is 16.2. The third kappa shape index (κ3) is 5.34. The van der Waals surface area contributed by atoms with Gasteiger partial charge in [-0.1, -0.05) is 25.1 Å². The SMILES string of the molecule is CC(C)C(NC(=O)COc1cccc(C(F)(F)F)c1)c1nc(-c2ccncc2)no1. The Hall–Kier alpha value is -3.43. The molecule has 1 unspecified atom stereocenters. The Bertz CT molecular complexity index is 990. The average molecular weight is 420 g/mol. The number of nitrogens with zero attached hydrogens (tertiary/aromatic N) is 3. The smallest absolute Gasteiger partial charge is 0.416 e. The van der Waals surface area contributed by atoms with Crippen molar-refractivity contribution in [3.63, 3.8) is 0 Å². The molecule has 30 heavy (non-hydrogen) atoms. The monoisotopic (exact) mass is 420 g/mol. The number of amides is 1. The number of nitrogens with one attached hydrogen (secondary N) is 1. The normalized spacial score (nSPS) is 12.6. The summed E-state index contributed by atoms with van der Waals surface area (Å²) in [6.45, 7) is 3.25. The molecule has 3 aromatic rings. The van der Waals surface area contributed by atoms with Crippen LogP contribution in [0, 0.1) is 5.92 Å². The topological polar surface area (TPSA) is 90.1 Å². The number of alkyl halides is 3. The number of halogens is 3. The van der Waals surface area contributed by atoms with E-state index < -0.39 is 30.3 Å². The maximum Gasteiger partial charge on any atom is 0.416 e. The molecule has 7 nitrogen and oxygen atoms in total. The molecule has 0 spiro atoms. The van der Waals surface area contributed by atoms with Gasteiger partial charge >= 0.3 is 6.18 Å². The highest BCUT2D eigenvalue weighted by Crippen LogP contribution is 2.31. The van der Waals surface area contributed by atoms with E-state index in [1.54, 1.807) is 24.5 Å². The second-order valence-electron chi connectivity index (χ2n) is 6.80. The molecule has 0 aliphatic carbocycles. The Morgan fingerprint density at radius 2 is 1.93 bits per heavy atom. The standard InChI is InChI=1S/C20H19F3N4O3/c1-12(2)17(19-26-18(27-30-19)13-6-8-24-9-7-13)25-16(28)11-29-15-5-3-4-14(10-15)20(21,22)23/h3-10,12,17H,11H2,1-2H3,(H,25,28). The van der Waals surface area contributed by atoms with Crippen molar-refractivity contribution in [3.8, 4) is 17.1 Å². The molecule has 0 aliphatic rings. The average Bonchev–Trinajstić information content (AvgIpc) is 3.20. The first-order valence-corrected chi connectivity index (χ1v) is 9.07. The summed E-state index contributed by atoms with van der Waals surface area (Å²) in [5, 5.41) is 6.64. The van der Waals surface area contributed by atoms with Crippen molar-refractivity contribution >= 4 is 5.91 Å². The summed E-state index contributed by atoms with van der Waals surface area (Å²) in [5.41, 5.74) is -0.142. The van der Waals surface area contributed by atoms with Crippen LogP contribution < -0.4 is 10.1 Å². The van der Waals surface area contributed by atoms with E-state index in [2.05, 4.69) is 20.4 Å². The van der Waals surface area contributed by atoms with Gasteiger partial charge in [-0.2, -0.15) is 18.2 Å². The van der Waals surface area contributed by atoms with E-state index in [-0.39, 0.29) is 17.6 Å². The van der Waals surface area contributed by atoms with E-state index in [1.165, 1.54) is 12.1 Å². The molecule has 0 aliphatic heterocycles. The molecule has 0 bridgehead atoms. The zero-order valence-electron chi connectivity index (χ0n) is 16.2. The van der Waals surface area contributed by atoms with Crippen LogP contribution in [-0.4, -0.2) is 27.6 Å². The van der Waals surface area contributed by atoms with Gasteiger partial charge in [0.2, 0.25) is 11.7 Å². The Morgan fingerprint density at radius 1 is 1.20 bits per heavy atom. The molecule has 1 aromatic carbocycles. The quantitative estimate of drug-likeness (QED) is 0.620. The van der Waals surface area contributed by atoms with E-state index in [9.17, 15) is 18.0 Å². The molecule has 1 N–H and O–H groups in total. The van der Waals surface area contributed by atoms with Gasteiger partial charge in [-0.15, -0.1) is 0 Å². The fraction of sp³-hybridized carbons (Fsp3) is 0.300. The largest absolute Gasteiger partial charge is 0.484 e. The number of rotatable bonds is 7. The fourth-order valence-corrected chi connectivity index (χ4v) is 2.62. The van der Waals surface area contributed by atoms with Gasteiger partial charge in [-0.25, -0.2) is 0 Å². The molecule has 0 fully saturated rings. The van der Waals surface area contributed by atoms with Crippen molar-refractivity contribution in [2.24, 2.45) is 5.92 Å². The second kappa shape index (κ2) is 8.93. The predicted octanol–water partition coefficient (Wildman–Crippen LogP) is 4.04. The van der Waals surface area contributed by atoms with E-state index in [0.717, 1.165) is 12.1 Å². The summed E-state index contributed by atoms with van der Waals surface area (Å²) >= 11 is 0. The van der Waals surface area contributed by atoms with Crippen LogP contribution in [0.15, 0.2) is 53.3 Å². The van der Waals surface area contributed by atoms with Crippen molar-refractivity contribution in [2.75, 3.05) is 6.61 Å². The molecular weight excluding hydrogens is 401 g/mol. The molecule has 1 atom stereocenters. The van der Waals surface area contributed by atoms with Gasteiger partial charge in [0, 0.05) is 18.0 Å². The van der Waals surface area contributed by atoms with Crippen LogP contribution in [0.1, 0.15) is 31.3 Å². The van der Waals surface area contributed by atoms with Crippen LogP contribution in [0.2, 0.25) is 0 Å². The molecule has 0 saturated carbocycles. The highest BCUT2D eigenvalue weighted by atomic mass is 19.4. The van der Waals surface area contributed by atoms with Crippen LogP contribution in [0.3, 0.4) is 0 Å². The molecule has 10 heteroatoms. The first-order valence-electron chi connectivity index (χ1n) is 9.07. The Balaban J connectivity index is 1.65. The highest BCUT2D eigenvalue weighted by molar-refractivity contribution is 5.78. The number of carbonyl (C=O) groups is 1. The lowest BCUT2D eigenvalue weighted by Gasteiger charge is -2.18. The molecule has 1 amide bonds. The lowest BCUT2D eigenvalue weighted by atomic mass is 10.0. The van der Waals surface area contributed by atoms with Crippen molar-refractivity contribution < 1.29 is 27.2 Å². The van der Waals surface area contributed by atoms with E-state index in [4.69, 9.17) is 9.26 Å². The highest BCUT2D eigenvalue weighted by Gasteiger charge is 2.30. The van der Waals surface area contributed by atoms with Gasteiger partial charge in [0.1, 0.15) is 11.8 Å². The summed E-state index contributed by atoms with van der Waals surface area (Å²) in [5.74, 6) is -0.112. The van der Waals surface area contributed by atoms with Crippen molar-refractivity contribution in [1.29, 1.82) is 0 Å². The van der Waals surface area contributed by atoms with E-state index in [1.807, 2.05) is 13.8 Å². The summed E-state index contributed by atoms with van der Waals surface area (Å²) in [7, 11) is 0. The minimum Gasteiger partial charge on any atom is -0.484 e. The lowest BCUT2D eigenvalue weighted by Crippen LogP contribution is -2.35. The Labute approximate surface area is 170 Å². The van der Waals surface area contributed by atoms with Crippen molar-refractivity contribution in [1.82, 2.24) is 20.4 Å². The minimum absolute atomic E-state index is 0.0566. The molecule has 2 heterocycles. The van der Waals surface area contributed by atoms with E-state index >= 15 is 0 Å².